The molecule has 2 N–H and O–H groups in total. The second-order valence-electron chi connectivity index (χ2n) is 4.83. The predicted molar refractivity (Wildman–Crippen MR) is 67.6 cm³/mol. The van der Waals surface area contributed by atoms with Crippen LogP contribution in [0.25, 0.3) is 0 Å². The van der Waals surface area contributed by atoms with Crippen LogP contribution in [-0.4, -0.2) is 24.1 Å². The zero-order valence-electron chi connectivity index (χ0n) is 10.2. The normalized spacial score (nSPS) is 19.8. The maximum atomic E-state index is 5.95. The van der Waals surface area contributed by atoms with Crippen molar-refractivity contribution in [3.05, 3.63) is 23.9 Å². The zero-order valence-corrected chi connectivity index (χ0v) is 10.2. The maximum absolute atomic E-state index is 5.95. The Kier molecular flexibility index (Phi) is 3.44. The van der Waals surface area contributed by atoms with Gasteiger partial charge in [-0.3, -0.25) is 0 Å². The van der Waals surface area contributed by atoms with Crippen LogP contribution in [0.4, 0.5) is 5.82 Å². The summed E-state index contributed by atoms with van der Waals surface area (Å²) in [6.07, 6.45) is 4.25. The van der Waals surface area contributed by atoms with Crippen molar-refractivity contribution in [3.8, 4) is 0 Å². The fourth-order valence-electron chi connectivity index (χ4n) is 2.45. The smallest absolute Gasteiger partial charge is 0.131 e. The highest BCUT2D eigenvalue weighted by Gasteiger charge is 2.23. The molecule has 0 aliphatic carbocycles. The molecule has 0 radical (unpaired) electrons. The maximum Gasteiger partial charge on any atom is 0.131 e. The largest absolute Gasteiger partial charge is 0.356 e. The van der Waals surface area contributed by atoms with Crippen LogP contribution >= 0.6 is 0 Å². The Balaban J connectivity index is 2.02. The molecular weight excluding hydrogens is 198 g/mol. The van der Waals surface area contributed by atoms with E-state index >= 15 is 0 Å². The molecule has 3 heteroatoms. The van der Waals surface area contributed by atoms with Gasteiger partial charge in [0, 0.05) is 25.3 Å². The molecule has 0 saturated carbocycles. The van der Waals surface area contributed by atoms with Crippen molar-refractivity contribution < 1.29 is 0 Å². The molecule has 0 aromatic carbocycles. The van der Waals surface area contributed by atoms with Crippen molar-refractivity contribution in [1.82, 2.24) is 4.98 Å². The van der Waals surface area contributed by atoms with Gasteiger partial charge in [0.25, 0.3) is 0 Å². The number of aryl methyl sites for hydroxylation is 1. The molecule has 1 saturated heterocycles. The van der Waals surface area contributed by atoms with Gasteiger partial charge in [0.15, 0.2) is 0 Å². The molecule has 16 heavy (non-hydrogen) atoms. The number of hydrogen-bond donors (Lipinski definition) is 1. The van der Waals surface area contributed by atoms with Crippen LogP contribution in [0.15, 0.2) is 18.3 Å². The summed E-state index contributed by atoms with van der Waals surface area (Å²) in [4.78, 5) is 6.85. The summed E-state index contributed by atoms with van der Waals surface area (Å²) in [6.45, 7) is 6.42. The van der Waals surface area contributed by atoms with Crippen molar-refractivity contribution in [2.45, 2.75) is 32.7 Å². The van der Waals surface area contributed by atoms with Crippen LogP contribution in [0.3, 0.4) is 0 Å². The molecular formula is C13H21N3. The van der Waals surface area contributed by atoms with Crippen LogP contribution in [-0.2, 0) is 0 Å². The predicted octanol–water partition coefficient (Wildman–Crippen LogP) is 1.95. The van der Waals surface area contributed by atoms with Gasteiger partial charge in [-0.25, -0.2) is 4.98 Å². The van der Waals surface area contributed by atoms with Gasteiger partial charge in [0.1, 0.15) is 5.82 Å². The lowest BCUT2D eigenvalue weighted by Gasteiger charge is -2.35. The fourth-order valence-corrected chi connectivity index (χ4v) is 2.45. The van der Waals surface area contributed by atoms with Crippen molar-refractivity contribution in [3.63, 3.8) is 0 Å². The molecule has 1 unspecified atom stereocenters. The minimum Gasteiger partial charge on any atom is -0.356 e. The Labute approximate surface area is 97.7 Å². The van der Waals surface area contributed by atoms with Gasteiger partial charge in [-0.2, -0.15) is 0 Å². The topological polar surface area (TPSA) is 42.2 Å². The van der Waals surface area contributed by atoms with Crippen LogP contribution in [0.2, 0.25) is 0 Å². The average Bonchev–Trinajstić information content (AvgIpc) is 2.30. The molecule has 1 aromatic heterocycles. The van der Waals surface area contributed by atoms with Crippen LogP contribution in [0, 0.1) is 12.8 Å². The number of aromatic nitrogens is 1. The first kappa shape index (κ1) is 11.4. The quantitative estimate of drug-likeness (QED) is 0.826. The van der Waals surface area contributed by atoms with Gasteiger partial charge in [-0.05, 0) is 44.2 Å². The molecule has 1 fully saturated rings. The number of pyridine rings is 1. The van der Waals surface area contributed by atoms with Crippen LogP contribution in [0.1, 0.15) is 25.3 Å². The van der Waals surface area contributed by atoms with Gasteiger partial charge < -0.3 is 10.6 Å². The van der Waals surface area contributed by atoms with Gasteiger partial charge in [0.2, 0.25) is 0 Å². The van der Waals surface area contributed by atoms with Gasteiger partial charge >= 0.3 is 0 Å². The Morgan fingerprint density at radius 2 is 2.12 bits per heavy atom. The molecule has 0 amide bonds. The number of anilines is 1. The monoisotopic (exact) mass is 219 g/mol. The van der Waals surface area contributed by atoms with Crippen molar-refractivity contribution in [2.75, 3.05) is 18.0 Å². The van der Waals surface area contributed by atoms with Crippen molar-refractivity contribution in [2.24, 2.45) is 11.7 Å². The van der Waals surface area contributed by atoms with Crippen molar-refractivity contribution in [1.29, 1.82) is 0 Å². The van der Waals surface area contributed by atoms with E-state index in [4.69, 9.17) is 5.73 Å². The van der Waals surface area contributed by atoms with E-state index in [0.717, 1.165) is 18.9 Å². The molecule has 3 nitrogen and oxygen atoms in total. The summed E-state index contributed by atoms with van der Waals surface area (Å²) in [6, 6.07) is 4.44. The highest BCUT2D eigenvalue weighted by atomic mass is 15.2. The van der Waals surface area contributed by atoms with Gasteiger partial charge in [-0.1, -0.05) is 6.07 Å². The minimum atomic E-state index is 0.326. The Morgan fingerprint density at radius 3 is 2.69 bits per heavy atom. The first-order valence-corrected chi connectivity index (χ1v) is 6.10. The first-order valence-electron chi connectivity index (χ1n) is 6.10. The van der Waals surface area contributed by atoms with E-state index in [1.54, 1.807) is 0 Å². The number of piperidine rings is 1. The highest BCUT2D eigenvalue weighted by molar-refractivity contribution is 5.46. The average molecular weight is 219 g/mol. The molecule has 2 heterocycles. The number of nitrogens with zero attached hydrogens (tertiary/aromatic N) is 2. The summed E-state index contributed by atoms with van der Waals surface area (Å²) in [5.41, 5.74) is 7.21. The second kappa shape index (κ2) is 4.83. The lowest BCUT2D eigenvalue weighted by atomic mass is 9.91. The first-order chi connectivity index (χ1) is 7.68. The third-order valence-electron chi connectivity index (χ3n) is 3.56. The Morgan fingerprint density at radius 1 is 1.44 bits per heavy atom. The van der Waals surface area contributed by atoms with Crippen LogP contribution in [0.5, 0.6) is 0 Å². The summed E-state index contributed by atoms with van der Waals surface area (Å²) in [5.74, 6) is 1.82. The van der Waals surface area contributed by atoms with Crippen molar-refractivity contribution >= 4 is 5.82 Å². The molecule has 1 atom stereocenters. The number of nitrogens with two attached hydrogens (primary N) is 1. The Hall–Kier alpha value is -1.09. The highest BCUT2D eigenvalue weighted by Crippen LogP contribution is 2.25. The molecule has 1 aliphatic rings. The molecule has 1 aromatic rings. The second-order valence-corrected chi connectivity index (χ2v) is 4.83. The number of rotatable bonds is 2. The molecule has 88 valence electrons. The Bertz CT molecular complexity index is 341. The third-order valence-corrected chi connectivity index (χ3v) is 3.56. The zero-order chi connectivity index (χ0) is 11.5. The van der Waals surface area contributed by atoms with Gasteiger partial charge in [-0.15, -0.1) is 0 Å². The van der Waals surface area contributed by atoms with E-state index in [2.05, 4.69) is 29.8 Å². The van der Waals surface area contributed by atoms with Crippen LogP contribution < -0.4 is 10.6 Å². The lowest BCUT2D eigenvalue weighted by molar-refractivity contribution is 0.353. The summed E-state index contributed by atoms with van der Waals surface area (Å²) in [5, 5.41) is 0. The summed E-state index contributed by atoms with van der Waals surface area (Å²) in [7, 11) is 0. The molecule has 0 bridgehead atoms. The van der Waals surface area contributed by atoms with Gasteiger partial charge in [0.05, 0.1) is 0 Å². The third kappa shape index (κ3) is 2.35. The van der Waals surface area contributed by atoms with E-state index in [9.17, 15) is 0 Å². The molecule has 0 spiro atoms. The lowest BCUT2D eigenvalue weighted by Crippen LogP contribution is -2.40. The standard InChI is InChI=1S/C13H21N3/c1-10-4-3-7-15-13(10)16-8-5-12(6-9-16)11(2)14/h3-4,7,11-12H,5-6,8-9,14H2,1-2H3. The molecule has 1 aliphatic heterocycles. The van der Waals surface area contributed by atoms with E-state index in [-0.39, 0.29) is 0 Å². The summed E-state index contributed by atoms with van der Waals surface area (Å²) < 4.78 is 0. The fraction of sp³-hybridized carbons (Fsp3) is 0.615. The number of hydrogen-bond acceptors (Lipinski definition) is 3. The summed E-state index contributed by atoms with van der Waals surface area (Å²) >= 11 is 0. The van der Waals surface area contributed by atoms with E-state index in [0.29, 0.717) is 12.0 Å². The van der Waals surface area contributed by atoms with E-state index in [1.807, 2.05) is 12.3 Å². The minimum absolute atomic E-state index is 0.326. The molecule has 2 rings (SSSR count). The van der Waals surface area contributed by atoms with E-state index in [1.165, 1.54) is 18.4 Å². The SMILES string of the molecule is Cc1cccnc1N1CCC(C(C)N)CC1. The van der Waals surface area contributed by atoms with E-state index < -0.39 is 0 Å².